The average Bonchev–Trinajstić information content (AvgIpc) is 2.55. The minimum atomic E-state index is 0.277. The van der Waals surface area contributed by atoms with Gasteiger partial charge >= 0.3 is 0 Å². The van der Waals surface area contributed by atoms with Crippen LogP contribution in [0.5, 0.6) is 0 Å². The number of hydrogen-bond acceptors (Lipinski definition) is 4. The van der Waals surface area contributed by atoms with E-state index in [0.717, 1.165) is 26.1 Å². The first-order chi connectivity index (χ1) is 7.24. The molecule has 0 atom stereocenters. The van der Waals surface area contributed by atoms with Crippen LogP contribution in [0.1, 0.15) is 30.1 Å². The van der Waals surface area contributed by atoms with Crippen molar-refractivity contribution in [2.75, 3.05) is 18.9 Å². The summed E-state index contributed by atoms with van der Waals surface area (Å²) in [6.07, 6.45) is 1.83. The molecule has 2 N–H and O–H groups in total. The monoisotopic (exact) mass is 206 g/mol. The first kappa shape index (κ1) is 9.99. The standard InChI is InChI=1S/C10H14N4O/c1-7-9(6-11)10(12)14(13-7)8-2-4-15-5-3-8/h8H,2-5,12H2,1H3. The van der Waals surface area contributed by atoms with E-state index in [1.165, 1.54) is 0 Å². The van der Waals surface area contributed by atoms with Gasteiger partial charge in [-0.05, 0) is 19.8 Å². The summed E-state index contributed by atoms with van der Waals surface area (Å²) in [6, 6.07) is 2.36. The van der Waals surface area contributed by atoms with Crippen molar-refractivity contribution in [3.63, 3.8) is 0 Å². The van der Waals surface area contributed by atoms with Gasteiger partial charge in [-0.1, -0.05) is 0 Å². The lowest BCUT2D eigenvalue weighted by atomic mass is 10.1. The van der Waals surface area contributed by atoms with Crippen LogP contribution in [0.2, 0.25) is 0 Å². The number of aromatic nitrogens is 2. The number of nitrogens with two attached hydrogens (primary N) is 1. The predicted octanol–water partition coefficient (Wildman–Crippen LogP) is 0.997. The van der Waals surface area contributed by atoms with E-state index in [-0.39, 0.29) is 6.04 Å². The summed E-state index contributed by atoms with van der Waals surface area (Å²) in [5, 5.41) is 13.2. The minimum absolute atomic E-state index is 0.277. The van der Waals surface area contributed by atoms with E-state index in [0.29, 0.717) is 17.1 Å². The van der Waals surface area contributed by atoms with Crippen LogP contribution in [0.3, 0.4) is 0 Å². The lowest BCUT2D eigenvalue weighted by Gasteiger charge is -2.23. The van der Waals surface area contributed by atoms with Crippen LogP contribution in [0.25, 0.3) is 0 Å². The van der Waals surface area contributed by atoms with Gasteiger partial charge in [-0.3, -0.25) is 0 Å². The molecule has 0 unspecified atom stereocenters. The van der Waals surface area contributed by atoms with Gasteiger partial charge in [-0.2, -0.15) is 10.4 Å². The molecule has 0 spiro atoms. The molecule has 1 aromatic rings. The van der Waals surface area contributed by atoms with Crippen LogP contribution in [0, 0.1) is 18.3 Å². The Hall–Kier alpha value is -1.54. The van der Waals surface area contributed by atoms with E-state index >= 15 is 0 Å². The van der Waals surface area contributed by atoms with Crippen LogP contribution in [0.4, 0.5) is 5.82 Å². The molecule has 1 aromatic heterocycles. The van der Waals surface area contributed by atoms with Crippen molar-refractivity contribution in [1.82, 2.24) is 9.78 Å². The summed E-state index contributed by atoms with van der Waals surface area (Å²) in [4.78, 5) is 0. The molecule has 5 nitrogen and oxygen atoms in total. The molecule has 15 heavy (non-hydrogen) atoms. The van der Waals surface area contributed by atoms with Crippen LogP contribution in [-0.2, 0) is 4.74 Å². The zero-order valence-electron chi connectivity index (χ0n) is 8.73. The second-order valence-corrected chi connectivity index (χ2v) is 3.75. The Morgan fingerprint density at radius 2 is 2.20 bits per heavy atom. The number of ether oxygens (including phenoxy) is 1. The highest BCUT2D eigenvalue weighted by Gasteiger charge is 2.21. The van der Waals surface area contributed by atoms with Crippen molar-refractivity contribution < 1.29 is 4.74 Å². The zero-order valence-corrected chi connectivity index (χ0v) is 8.73. The molecule has 0 aromatic carbocycles. The van der Waals surface area contributed by atoms with Gasteiger partial charge in [0.25, 0.3) is 0 Å². The lowest BCUT2D eigenvalue weighted by Crippen LogP contribution is -2.21. The summed E-state index contributed by atoms with van der Waals surface area (Å²) in [6.45, 7) is 3.29. The molecule has 1 aliphatic rings. The Morgan fingerprint density at radius 1 is 1.53 bits per heavy atom. The van der Waals surface area contributed by atoms with E-state index in [1.807, 2.05) is 6.92 Å². The van der Waals surface area contributed by atoms with Crippen molar-refractivity contribution >= 4 is 5.82 Å². The highest BCUT2D eigenvalue weighted by atomic mass is 16.5. The third-order valence-corrected chi connectivity index (χ3v) is 2.77. The number of nitrogen functional groups attached to an aromatic ring is 1. The Morgan fingerprint density at radius 3 is 2.73 bits per heavy atom. The average molecular weight is 206 g/mol. The van der Waals surface area contributed by atoms with Gasteiger partial charge in [0, 0.05) is 13.2 Å². The molecule has 0 saturated carbocycles. The van der Waals surface area contributed by atoms with E-state index in [9.17, 15) is 0 Å². The van der Waals surface area contributed by atoms with E-state index in [2.05, 4.69) is 11.2 Å². The Labute approximate surface area is 88.4 Å². The second kappa shape index (κ2) is 3.91. The number of aryl methyl sites for hydroxylation is 1. The fraction of sp³-hybridized carbons (Fsp3) is 0.600. The Kier molecular flexibility index (Phi) is 2.60. The smallest absolute Gasteiger partial charge is 0.140 e. The molecule has 0 bridgehead atoms. The van der Waals surface area contributed by atoms with Gasteiger partial charge in [-0.25, -0.2) is 4.68 Å². The van der Waals surface area contributed by atoms with Crippen LogP contribution in [-0.4, -0.2) is 23.0 Å². The number of anilines is 1. The van der Waals surface area contributed by atoms with Gasteiger partial charge in [0.15, 0.2) is 0 Å². The molecule has 1 aliphatic heterocycles. The van der Waals surface area contributed by atoms with Crippen molar-refractivity contribution in [1.29, 1.82) is 5.26 Å². The summed E-state index contributed by atoms with van der Waals surface area (Å²) in [5.41, 5.74) is 7.09. The van der Waals surface area contributed by atoms with Gasteiger partial charge in [0.05, 0.1) is 11.7 Å². The summed E-state index contributed by atoms with van der Waals surface area (Å²) >= 11 is 0. The third-order valence-electron chi connectivity index (χ3n) is 2.77. The van der Waals surface area contributed by atoms with E-state index in [4.69, 9.17) is 15.7 Å². The maximum Gasteiger partial charge on any atom is 0.140 e. The predicted molar refractivity (Wildman–Crippen MR) is 55.2 cm³/mol. The molecule has 80 valence electrons. The topological polar surface area (TPSA) is 76.9 Å². The zero-order chi connectivity index (χ0) is 10.8. The maximum absolute atomic E-state index is 8.90. The lowest BCUT2D eigenvalue weighted by molar-refractivity contribution is 0.0668. The van der Waals surface area contributed by atoms with Crippen LogP contribution < -0.4 is 5.73 Å². The molecule has 0 radical (unpaired) electrons. The second-order valence-electron chi connectivity index (χ2n) is 3.75. The minimum Gasteiger partial charge on any atom is -0.383 e. The van der Waals surface area contributed by atoms with E-state index < -0.39 is 0 Å². The van der Waals surface area contributed by atoms with Gasteiger partial charge < -0.3 is 10.5 Å². The molecule has 2 heterocycles. The number of rotatable bonds is 1. The molecule has 1 saturated heterocycles. The quantitative estimate of drug-likeness (QED) is 0.743. The van der Waals surface area contributed by atoms with Crippen molar-refractivity contribution in [3.8, 4) is 6.07 Å². The number of nitrogens with zero attached hydrogens (tertiary/aromatic N) is 3. The van der Waals surface area contributed by atoms with Gasteiger partial charge in [-0.15, -0.1) is 0 Å². The SMILES string of the molecule is Cc1nn(C2CCOCC2)c(N)c1C#N. The third kappa shape index (κ3) is 1.68. The summed E-state index contributed by atoms with van der Waals surface area (Å²) in [7, 11) is 0. The van der Waals surface area contributed by atoms with Gasteiger partial charge in [0.2, 0.25) is 0 Å². The van der Waals surface area contributed by atoms with Crippen LogP contribution in [0.15, 0.2) is 0 Å². The fourth-order valence-corrected chi connectivity index (χ4v) is 1.91. The largest absolute Gasteiger partial charge is 0.383 e. The molecule has 0 amide bonds. The maximum atomic E-state index is 8.90. The molecule has 1 fully saturated rings. The van der Waals surface area contributed by atoms with E-state index in [1.54, 1.807) is 4.68 Å². The fourth-order valence-electron chi connectivity index (χ4n) is 1.91. The number of hydrogen-bond donors (Lipinski definition) is 1. The molecular formula is C10H14N4O. The van der Waals surface area contributed by atoms with Crippen LogP contribution >= 0.6 is 0 Å². The Bertz CT molecular complexity index is 398. The van der Waals surface area contributed by atoms with Crippen molar-refractivity contribution in [2.24, 2.45) is 0 Å². The number of nitriles is 1. The van der Waals surface area contributed by atoms with Crippen molar-refractivity contribution in [3.05, 3.63) is 11.3 Å². The highest BCUT2D eigenvalue weighted by molar-refractivity contribution is 5.51. The summed E-state index contributed by atoms with van der Waals surface area (Å²) in [5.74, 6) is 0.488. The normalized spacial score (nSPS) is 17.6. The first-order valence-corrected chi connectivity index (χ1v) is 5.06. The molecule has 0 aliphatic carbocycles. The molecule has 2 rings (SSSR count). The molecular weight excluding hydrogens is 192 g/mol. The van der Waals surface area contributed by atoms with Crippen molar-refractivity contribution in [2.45, 2.75) is 25.8 Å². The van der Waals surface area contributed by atoms with Gasteiger partial charge in [0.1, 0.15) is 17.5 Å². The highest BCUT2D eigenvalue weighted by Crippen LogP contribution is 2.26. The Balaban J connectivity index is 2.32. The summed E-state index contributed by atoms with van der Waals surface area (Å²) < 4.78 is 7.05. The first-order valence-electron chi connectivity index (χ1n) is 5.06. The molecule has 5 heteroatoms.